The Morgan fingerprint density at radius 1 is 1.36 bits per heavy atom. The average molecular weight is 213 g/mol. The largest absolute Gasteiger partial charge is 0.362 e. The molecule has 0 fully saturated rings. The van der Waals surface area contributed by atoms with Crippen LogP contribution in [0, 0.1) is 6.92 Å². The molecule has 1 aromatic rings. The fourth-order valence-corrected chi connectivity index (χ4v) is 1.76. The summed E-state index contributed by atoms with van der Waals surface area (Å²) in [6, 6.07) is 4.41. The van der Waals surface area contributed by atoms with Crippen LogP contribution in [0.2, 0.25) is 0 Å². The summed E-state index contributed by atoms with van der Waals surface area (Å²) in [5, 5.41) is 2.25. The van der Waals surface area contributed by atoms with E-state index in [9.17, 15) is 0 Å². The van der Waals surface area contributed by atoms with Gasteiger partial charge in [0.1, 0.15) is 0 Å². The summed E-state index contributed by atoms with van der Waals surface area (Å²) in [6.45, 7) is 8.90. The van der Waals surface area contributed by atoms with Gasteiger partial charge in [0.25, 0.3) is 0 Å². The van der Waals surface area contributed by atoms with E-state index >= 15 is 0 Å². The summed E-state index contributed by atoms with van der Waals surface area (Å²) in [5.74, 6) is 0. The number of hydrogen-bond acceptors (Lipinski definition) is 2. The Bertz CT molecular complexity index is 273. The molecule has 2 nitrogen and oxygen atoms in total. The lowest BCUT2D eigenvalue weighted by Crippen LogP contribution is -2.07. The monoisotopic (exact) mass is 213 g/mol. The average Bonchev–Trinajstić information content (AvgIpc) is 2.51. The third kappa shape index (κ3) is 5.02. The van der Waals surface area contributed by atoms with Crippen LogP contribution in [-0.2, 0) is 10.2 Å². The zero-order valence-corrected chi connectivity index (χ0v) is 10.4. The van der Waals surface area contributed by atoms with E-state index in [2.05, 4.69) is 45.1 Å². The molecular weight excluding hydrogens is 194 g/mol. The van der Waals surface area contributed by atoms with Gasteiger partial charge < -0.3 is 5.32 Å². The van der Waals surface area contributed by atoms with E-state index in [1.165, 1.54) is 9.75 Å². The van der Waals surface area contributed by atoms with Crippen molar-refractivity contribution in [1.29, 1.82) is 0 Å². The van der Waals surface area contributed by atoms with Crippen molar-refractivity contribution in [3.05, 3.63) is 21.9 Å². The lowest BCUT2D eigenvalue weighted by Gasteiger charge is -2.14. The minimum Gasteiger partial charge on any atom is -0.362 e. The van der Waals surface area contributed by atoms with Crippen LogP contribution in [-0.4, -0.2) is 13.5 Å². The number of rotatable bonds is 1. The van der Waals surface area contributed by atoms with E-state index in [-0.39, 0.29) is 0 Å². The predicted octanol–water partition coefficient (Wildman–Crippen LogP) is 2.72. The van der Waals surface area contributed by atoms with Crippen molar-refractivity contribution in [2.75, 3.05) is 7.05 Å². The van der Waals surface area contributed by atoms with E-state index in [0.717, 1.165) is 0 Å². The van der Waals surface area contributed by atoms with E-state index in [1.807, 2.05) is 11.3 Å². The van der Waals surface area contributed by atoms with Gasteiger partial charge in [-0.15, -0.1) is 11.3 Å². The van der Waals surface area contributed by atoms with Gasteiger partial charge in [-0.05, 0) is 24.5 Å². The minimum absolute atomic E-state index is 0.332. The Hall–Kier alpha value is -0.830. The molecule has 0 aliphatic carbocycles. The molecule has 80 valence electrons. The Kier molecular flexibility index (Phi) is 5.46. The lowest BCUT2D eigenvalue weighted by molar-refractivity contribution is -0.109. The van der Waals surface area contributed by atoms with Crippen LogP contribution < -0.4 is 5.32 Å². The molecule has 0 aliphatic heterocycles. The first-order valence-electron chi connectivity index (χ1n) is 4.59. The molecule has 1 rings (SSSR count). The molecule has 0 saturated heterocycles. The Morgan fingerprint density at radius 3 is 2.00 bits per heavy atom. The molecule has 14 heavy (non-hydrogen) atoms. The Labute approximate surface area is 90.3 Å². The molecule has 0 radical (unpaired) electrons. The molecule has 1 aromatic heterocycles. The van der Waals surface area contributed by atoms with Gasteiger partial charge in [0.2, 0.25) is 6.41 Å². The van der Waals surface area contributed by atoms with Crippen LogP contribution in [0.25, 0.3) is 0 Å². The SMILES string of the molecule is CNC=O.Cc1ccc(C(C)(C)C)s1. The topological polar surface area (TPSA) is 29.1 Å². The van der Waals surface area contributed by atoms with E-state index in [0.29, 0.717) is 11.8 Å². The highest BCUT2D eigenvalue weighted by atomic mass is 32.1. The third-order valence-electron chi connectivity index (χ3n) is 1.60. The van der Waals surface area contributed by atoms with Crippen molar-refractivity contribution in [3.63, 3.8) is 0 Å². The van der Waals surface area contributed by atoms with E-state index < -0.39 is 0 Å². The van der Waals surface area contributed by atoms with Crippen LogP contribution in [0.5, 0.6) is 0 Å². The molecule has 0 saturated carbocycles. The zero-order chi connectivity index (χ0) is 11.2. The zero-order valence-electron chi connectivity index (χ0n) is 9.55. The molecule has 0 unspecified atom stereocenters. The van der Waals surface area contributed by atoms with Crippen molar-refractivity contribution >= 4 is 17.7 Å². The maximum atomic E-state index is 9.06. The molecular formula is C11H19NOS. The van der Waals surface area contributed by atoms with Gasteiger partial charge in [0.05, 0.1) is 0 Å². The second-order valence-electron chi connectivity index (χ2n) is 4.07. The van der Waals surface area contributed by atoms with Gasteiger partial charge in [-0.2, -0.15) is 0 Å². The maximum Gasteiger partial charge on any atom is 0.206 e. The number of thiophene rings is 1. The van der Waals surface area contributed by atoms with E-state index in [4.69, 9.17) is 4.79 Å². The first kappa shape index (κ1) is 13.2. The van der Waals surface area contributed by atoms with Crippen molar-refractivity contribution in [2.45, 2.75) is 33.1 Å². The molecule has 0 atom stereocenters. The highest BCUT2D eigenvalue weighted by molar-refractivity contribution is 7.12. The van der Waals surface area contributed by atoms with Crippen molar-refractivity contribution in [1.82, 2.24) is 5.32 Å². The van der Waals surface area contributed by atoms with Gasteiger partial charge in [-0.25, -0.2) is 0 Å². The molecule has 0 aromatic carbocycles. The van der Waals surface area contributed by atoms with Crippen LogP contribution in [0.15, 0.2) is 12.1 Å². The highest BCUT2D eigenvalue weighted by Crippen LogP contribution is 2.28. The van der Waals surface area contributed by atoms with Gasteiger partial charge in [-0.1, -0.05) is 20.8 Å². The van der Waals surface area contributed by atoms with Crippen LogP contribution in [0.3, 0.4) is 0 Å². The van der Waals surface area contributed by atoms with Gasteiger partial charge >= 0.3 is 0 Å². The molecule has 0 aliphatic rings. The molecule has 0 bridgehead atoms. The van der Waals surface area contributed by atoms with Crippen molar-refractivity contribution in [2.24, 2.45) is 0 Å². The summed E-state index contributed by atoms with van der Waals surface area (Å²) in [7, 11) is 1.56. The second-order valence-corrected chi connectivity index (χ2v) is 5.35. The van der Waals surface area contributed by atoms with Crippen LogP contribution >= 0.6 is 11.3 Å². The standard InChI is InChI=1S/C9H14S.C2H5NO/c1-7-5-6-8(10-7)9(2,3)4;1-3-2-4/h5-6H,1-4H3;2H,1H3,(H,3,4). The molecule has 0 spiro atoms. The summed E-state index contributed by atoms with van der Waals surface area (Å²) in [6.07, 6.45) is 0.625. The Balaban J connectivity index is 0.000000364. The van der Waals surface area contributed by atoms with Gasteiger partial charge in [0.15, 0.2) is 0 Å². The second kappa shape index (κ2) is 5.81. The van der Waals surface area contributed by atoms with Crippen LogP contribution in [0.4, 0.5) is 0 Å². The summed E-state index contributed by atoms with van der Waals surface area (Å²) in [4.78, 5) is 11.9. The Morgan fingerprint density at radius 2 is 1.86 bits per heavy atom. The molecule has 1 amide bonds. The number of carbonyl (C=O) groups is 1. The van der Waals surface area contributed by atoms with Gasteiger partial charge in [-0.3, -0.25) is 4.79 Å². The number of aryl methyl sites for hydroxylation is 1. The molecule has 1 heterocycles. The van der Waals surface area contributed by atoms with E-state index in [1.54, 1.807) is 7.05 Å². The summed E-state index contributed by atoms with van der Waals surface area (Å²) < 4.78 is 0. The smallest absolute Gasteiger partial charge is 0.206 e. The lowest BCUT2D eigenvalue weighted by atomic mass is 9.95. The van der Waals surface area contributed by atoms with Crippen molar-refractivity contribution in [3.8, 4) is 0 Å². The third-order valence-corrected chi connectivity index (χ3v) is 3.02. The maximum absolute atomic E-state index is 9.06. The number of amides is 1. The number of carbonyl (C=O) groups excluding carboxylic acids is 1. The number of nitrogens with one attached hydrogen (secondary N) is 1. The summed E-state index contributed by atoms with van der Waals surface area (Å²) in [5.41, 5.74) is 0.332. The van der Waals surface area contributed by atoms with Crippen LogP contribution in [0.1, 0.15) is 30.5 Å². The first-order valence-corrected chi connectivity index (χ1v) is 5.41. The van der Waals surface area contributed by atoms with Gasteiger partial charge in [0, 0.05) is 16.8 Å². The summed E-state index contributed by atoms with van der Waals surface area (Å²) >= 11 is 1.89. The van der Waals surface area contributed by atoms with Crippen molar-refractivity contribution < 1.29 is 4.79 Å². The molecule has 3 heteroatoms. The molecule has 1 N–H and O–H groups in total. The minimum atomic E-state index is 0.332. The quantitative estimate of drug-likeness (QED) is 0.714. The highest BCUT2D eigenvalue weighted by Gasteiger charge is 2.14. The first-order chi connectivity index (χ1) is 6.41. The normalized spacial score (nSPS) is 10.1. The fraction of sp³-hybridized carbons (Fsp3) is 0.545. The predicted molar refractivity (Wildman–Crippen MR) is 62.9 cm³/mol. The number of hydrogen-bond donors (Lipinski definition) is 1. The fourth-order valence-electron chi connectivity index (χ4n) is 0.838.